The SMILES string of the molecule is COC(=O)c1cc(NC(=O)COc2ccc([N+](=O)[O-])cc2)ccc1N1CCOCC1. The lowest BCUT2D eigenvalue weighted by atomic mass is 10.1. The highest BCUT2D eigenvalue weighted by molar-refractivity contribution is 5.99. The Hall–Kier alpha value is -3.66. The summed E-state index contributed by atoms with van der Waals surface area (Å²) >= 11 is 0. The molecule has 158 valence electrons. The summed E-state index contributed by atoms with van der Waals surface area (Å²) in [5.41, 5.74) is 1.41. The number of carbonyl (C=O) groups is 2. The lowest BCUT2D eigenvalue weighted by Gasteiger charge is -2.30. The van der Waals surface area contributed by atoms with E-state index in [0.29, 0.717) is 49.0 Å². The molecule has 0 unspecified atom stereocenters. The van der Waals surface area contributed by atoms with Crippen LogP contribution in [-0.2, 0) is 14.3 Å². The molecule has 0 aromatic heterocycles. The second kappa shape index (κ2) is 9.70. The average molecular weight is 415 g/mol. The Bertz CT molecular complexity index is 924. The number of hydrogen-bond donors (Lipinski definition) is 1. The van der Waals surface area contributed by atoms with Gasteiger partial charge in [-0.2, -0.15) is 0 Å². The minimum atomic E-state index is -0.518. The number of esters is 1. The molecule has 1 aliphatic rings. The van der Waals surface area contributed by atoms with Gasteiger partial charge in [0.25, 0.3) is 11.6 Å². The summed E-state index contributed by atoms with van der Waals surface area (Å²) in [6.07, 6.45) is 0. The second-order valence-corrected chi connectivity index (χ2v) is 6.41. The van der Waals surface area contributed by atoms with Gasteiger partial charge in [-0.15, -0.1) is 0 Å². The third-order valence-electron chi connectivity index (χ3n) is 4.45. The lowest BCUT2D eigenvalue weighted by Crippen LogP contribution is -2.37. The first-order chi connectivity index (χ1) is 14.5. The number of hydrogen-bond acceptors (Lipinski definition) is 8. The van der Waals surface area contributed by atoms with E-state index in [4.69, 9.17) is 14.2 Å². The van der Waals surface area contributed by atoms with Gasteiger partial charge < -0.3 is 24.4 Å². The molecule has 1 saturated heterocycles. The minimum Gasteiger partial charge on any atom is -0.484 e. The van der Waals surface area contributed by atoms with Crippen LogP contribution in [0.15, 0.2) is 42.5 Å². The zero-order valence-corrected chi connectivity index (χ0v) is 16.3. The number of amides is 1. The number of carbonyl (C=O) groups excluding carboxylic acids is 2. The van der Waals surface area contributed by atoms with Crippen molar-refractivity contribution in [2.75, 3.05) is 50.2 Å². The summed E-state index contributed by atoms with van der Waals surface area (Å²) in [5, 5.41) is 13.3. The van der Waals surface area contributed by atoms with Gasteiger partial charge in [0, 0.05) is 30.9 Å². The topological polar surface area (TPSA) is 120 Å². The molecule has 3 rings (SSSR count). The molecule has 0 atom stereocenters. The molecule has 1 amide bonds. The van der Waals surface area contributed by atoms with Crippen LogP contribution in [0.25, 0.3) is 0 Å². The fourth-order valence-corrected chi connectivity index (χ4v) is 2.98. The van der Waals surface area contributed by atoms with Crippen molar-refractivity contribution >= 4 is 28.9 Å². The third kappa shape index (κ3) is 5.23. The van der Waals surface area contributed by atoms with Crippen molar-refractivity contribution in [2.24, 2.45) is 0 Å². The van der Waals surface area contributed by atoms with E-state index in [2.05, 4.69) is 5.32 Å². The highest BCUT2D eigenvalue weighted by Gasteiger charge is 2.20. The van der Waals surface area contributed by atoms with Crippen LogP contribution >= 0.6 is 0 Å². The van der Waals surface area contributed by atoms with Crippen LogP contribution in [0.2, 0.25) is 0 Å². The van der Waals surface area contributed by atoms with Gasteiger partial charge in [0.1, 0.15) is 5.75 Å². The first-order valence-electron chi connectivity index (χ1n) is 9.20. The Kier molecular flexibility index (Phi) is 6.81. The fourth-order valence-electron chi connectivity index (χ4n) is 2.98. The number of benzene rings is 2. The zero-order valence-electron chi connectivity index (χ0n) is 16.3. The monoisotopic (exact) mass is 415 g/mol. The number of non-ortho nitro benzene ring substituents is 1. The number of morpholine rings is 1. The number of methoxy groups -OCH3 is 1. The van der Waals surface area contributed by atoms with Crippen molar-refractivity contribution in [2.45, 2.75) is 0 Å². The molecule has 1 fully saturated rings. The Morgan fingerprint density at radius 1 is 1.17 bits per heavy atom. The summed E-state index contributed by atoms with van der Waals surface area (Å²) in [6, 6.07) is 10.4. The molecule has 2 aromatic carbocycles. The molecule has 30 heavy (non-hydrogen) atoms. The van der Waals surface area contributed by atoms with Gasteiger partial charge in [-0.3, -0.25) is 14.9 Å². The van der Waals surface area contributed by atoms with E-state index >= 15 is 0 Å². The molecule has 1 heterocycles. The predicted octanol–water partition coefficient (Wildman–Crippen LogP) is 2.24. The van der Waals surface area contributed by atoms with E-state index in [1.807, 2.05) is 4.90 Å². The highest BCUT2D eigenvalue weighted by Crippen LogP contribution is 2.26. The maximum atomic E-state index is 12.2. The van der Waals surface area contributed by atoms with Gasteiger partial charge in [-0.05, 0) is 30.3 Å². The molecule has 0 saturated carbocycles. The standard InChI is InChI=1S/C20H21N3O7/c1-28-20(25)17-12-14(2-7-18(17)22-8-10-29-11-9-22)21-19(24)13-30-16-5-3-15(4-6-16)23(26)27/h2-7,12H,8-11,13H2,1H3,(H,21,24). The fraction of sp³-hybridized carbons (Fsp3) is 0.300. The number of nitrogens with one attached hydrogen (secondary N) is 1. The number of anilines is 2. The number of ether oxygens (including phenoxy) is 3. The van der Waals surface area contributed by atoms with Crippen molar-refractivity contribution in [3.8, 4) is 5.75 Å². The van der Waals surface area contributed by atoms with Crippen molar-refractivity contribution in [1.82, 2.24) is 0 Å². The van der Waals surface area contributed by atoms with E-state index in [1.165, 1.54) is 31.4 Å². The molecule has 0 aliphatic carbocycles. The molecule has 0 bridgehead atoms. The van der Waals surface area contributed by atoms with Crippen LogP contribution in [-0.4, -0.2) is 56.8 Å². The second-order valence-electron chi connectivity index (χ2n) is 6.41. The molecular weight excluding hydrogens is 394 g/mol. The minimum absolute atomic E-state index is 0.0671. The Labute approximate surface area is 172 Å². The first kappa shape index (κ1) is 21.1. The smallest absolute Gasteiger partial charge is 0.340 e. The number of rotatable bonds is 7. The van der Waals surface area contributed by atoms with E-state index in [0.717, 1.165) is 0 Å². The molecule has 10 heteroatoms. The van der Waals surface area contributed by atoms with Crippen molar-refractivity contribution in [1.29, 1.82) is 0 Å². The van der Waals surface area contributed by atoms with E-state index in [9.17, 15) is 19.7 Å². The van der Waals surface area contributed by atoms with E-state index in [1.54, 1.807) is 18.2 Å². The first-order valence-corrected chi connectivity index (χ1v) is 9.20. The van der Waals surface area contributed by atoms with Gasteiger partial charge in [-0.25, -0.2) is 4.79 Å². The summed E-state index contributed by atoms with van der Waals surface area (Å²) in [7, 11) is 1.30. The highest BCUT2D eigenvalue weighted by atomic mass is 16.6. The van der Waals surface area contributed by atoms with Gasteiger partial charge >= 0.3 is 5.97 Å². The van der Waals surface area contributed by atoms with Gasteiger partial charge in [-0.1, -0.05) is 0 Å². The summed E-state index contributed by atoms with van der Waals surface area (Å²) < 4.78 is 15.6. The van der Waals surface area contributed by atoms with E-state index in [-0.39, 0.29) is 12.3 Å². The molecule has 0 radical (unpaired) electrons. The number of nitrogens with zero attached hydrogens (tertiary/aromatic N) is 2. The van der Waals surface area contributed by atoms with Crippen LogP contribution in [0, 0.1) is 10.1 Å². The Morgan fingerprint density at radius 3 is 2.50 bits per heavy atom. The lowest BCUT2D eigenvalue weighted by molar-refractivity contribution is -0.384. The molecule has 1 N–H and O–H groups in total. The zero-order chi connectivity index (χ0) is 21.5. The van der Waals surface area contributed by atoms with Crippen molar-refractivity contribution in [3.63, 3.8) is 0 Å². The van der Waals surface area contributed by atoms with Gasteiger partial charge in [0.05, 0.1) is 36.5 Å². The Balaban J connectivity index is 1.65. The van der Waals surface area contributed by atoms with Crippen LogP contribution in [0.3, 0.4) is 0 Å². The molecule has 1 aliphatic heterocycles. The third-order valence-corrected chi connectivity index (χ3v) is 4.45. The van der Waals surface area contributed by atoms with Crippen LogP contribution in [0.4, 0.5) is 17.1 Å². The van der Waals surface area contributed by atoms with E-state index < -0.39 is 16.8 Å². The average Bonchev–Trinajstić information content (AvgIpc) is 2.78. The largest absolute Gasteiger partial charge is 0.484 e. The maximum Gasteiger partial charge on any atom is 0.340 e. The maximum absolute atomic E-state index is 12.2. The molecular formula is C20H21N3O7. The summed E-state index contributed by atoms with van der Waals surface area (Å²) in [6.45, 7) is 2.15. The van der Waals surface area contributed by atoms with Crippen molar-refractivity contribution in [3.05, 3.63) is 58.1 Å². The summed E-state index contributed by atoms with van der Waals surface area (Å²) in [4.78, 5) is 36.6. The number of nitro groups is 1. The molecule has 2 aromatic rings. The normalized spacial score (nSPS) is 13.4. The van der Waals surface area contributed by atoms with Crippen LogP contribution in [0.1, 0.15) is 10.4 Å². The Morgan fingerprint density at radius 2 is 1.87 bits per heavy atom. The summed E-state index contributed by atoms with van der Waals surface area (Å²) in [5.74, 6) is -0.619. The van der Waals surface area contributed by atoms with Gasteiger partial charge in [0.15, 0.2) is 6.61 Å². The molecule has 10 nitrogen and oxygen atoms in total. The molecule has 0 spiro atoms. The van der Waals surface area contributed by atoms with Crippen molar-refractivity contribution < 1.29 is 28.7 Å². The van der Waals surface area contributed by atoms with Crippen LogP contribution in [0.5, 0.6) is 5.75 Å². The predicted molar refractivity (Wildman–Crippen MR) is 108 cm³/mol. The quantitative estimate of drug-likeness (QED) is 0.415. The number of nitro benzene ring substituents is 1. The van der Waals surface area contributed by atoms with Gasteiger partial charge in [0.2, 0.25) is 0 Å². The van der Waals surface area contributed by atoms with Crippen LogP contribution < -0.4 is 15.0 Å².